The first kappa shape index (κ1) is 19.4. The van der Waals surface area contributed by atoms with Crippen LogP contribution in [0.2, 0.25) is 0 Å². The first-order chi connectivity index (χ1) is 13.9. The van der Waals surface area contributed by atoms with Crippen LogP contribution in [0.3, 0.4) is 0 Å². The van der Waals surface area contributed by atoms with Gasteiger partial charge in [0, 0.05) is 24.8 Å². The third-order valence-corrected chi connectivity index (χ3v) is 7.30. The molecule has 150 valence electrons. The van der Waals surface area contributed by atoms with E-state index in [1.165, 1.54) is 34.1 Å². The van der Waals surface area contributed by atoms with Gasteiger partial charge in [0.1, 0.15) is 0 Å². The monoisotopic (exact) mass is 411 g/mol. The lowest BCUT2D eigenvalue weighted by Gasteiger charge is -2.31. The third-order valence-electron chi connectivity index (χ3n) is 5.38. The van der Waals surface area contributed by atoms with Crippen LogP contribution >= 0.6 is 0 Å². The number of aromatic nitrogens is 2. The molecule has 29 heavy (non-hydrogen) atoms. The molecule has 0 unspecified atom stereocenters. The summed E-state index contributed by atoms with van der Waals surface area (Å²) in [4.78, 5) is 11.1. The highest BCUT2D eigenvalue weighted by molar-refractivity contribution is 7.89. The standard InChI is InChI=1S/C21H21N3O4S/c25-21(26)16-4-6-20(7-5-16)29(27,28)24-10-8-15(9-11-24)17-2-1-3-18(12-17)19-13-22-23-14-19/h1-7,12-15H,8-11H2,(H,22,23)(H,25,26). The van der Waals surface area contributed by atoms with Crippen LogP contribution < -0.4 is 0 Å². The van der Waals surface area contributed by atoms with Crippen molar-refractivity contribution >= 4 is 16.0 Å². The second-order valence-electron chi connectivity index (χ2n) is 7.12. The van der Waals surface area contributed by atoms with E-state index in [1.54, 1.807) is 6.20 Å². The zero-order chi connectivity index (χ0) is 20.4. The molecule has 1 aliphatic rings. The minimum absolute atomic E-state index is 0.0696. The summed E-state index contributed by atoms with van der Waals surface area (Å²) < 4.78 is 27.3. The van der Waals surface area contributed by atoms with Gasteiger partial charge in [-0.15, -0.1) is 0 Å². The maximum Gasteiger partial charge on any atom is 0.335 e. The predicted molar refractivity (Wildman–Crippen MR) is 108 cm³/mol. The summed E-state index contributed by atoms with van der Waals surface area (Å²) >= 11 is 0. The fourth-order valence-electron chi connectivity index (χ4n) is 3.73. The molecule has 8 heteroatoms. The summed E-state index contributed by atoms with van der Waals surface area (Å²) in [6, 6.07) is 13.7. The van der Waals surface area contributed by atoms with Crippen LogP contribution in [0.15, 0.2) is 65.8 Å². The second-order valence-corrected chi connectivity index (χ2v) is 9.06. The van der Waals surface area contributed by atoms with Gasteiger partial charge in [0.15, 0.2) is 0 Å². The highest BCUT2D eigenvalue weighted by Crippen LogP contribution is 2.32. The van der Waals surface area contributed by atoms with Gasteiger partial charge in [-0.3, -0.25) is 5.10 Å². The van der Waals surface area contributed by atoms with E-state index in [-0.39, 0.29) is 10.5 Å². The molecule has 1 aromatic heterocycles. The van der Waals surface area contributed by atoms with Gasteiger partial charge in [0.25, 0.3) is 0 Å². The number of carboxylic acid groups (broad SMARTS) is 1. The number of carbonyl (C=O) groups is 1. The van der Waals surface area contributed by atoms with Crippen molar-refractivity contribution in [3.8, 4) is 11.1 Å². The lowest BCUT2D eigenvalue weighted by molar-refractivity contribution is 0.0696. The van der Waals surface area contributed by atoms with Crippen LogP contribution in [0.1, 0.15) is 34.7 Å². The van der Waals surface area contributed by atoms with E-state index in [2.05, 4.69) is 22.3 Å². The van der Waals surface area contributed by atoms with Crippen LogP contribution in [0.5, 0.6) is 0 Å². The molecular formula is C21H21N3O4S. The molecule has 0 atom stereocenters. The van der Waals surface area contributed by atoms with Gasteiger partial charge in [-0.2, -0.15) is 9.40 Å². The Morgan fingerprint density at radius 1 is 1.07 bits per heavy atom. The van der Waals surface area contributed by atoms with Crippen LogP contribution in [-0.2, 0) is 10.0 Å². The summed E-state index contributed by atoms with van der Waals surface area (Å²) in [5.41, 5.74) is 3.38. The molecule has 2 N–H and O–H groups in total. The van der Waals surface area contributed by atoms with E-state index in [9.17, 15) is 13.2 Å². The zero-order valence-electron chi connectivity index (χ0n) is 15.7. The van der Waals surface area contributed by atoms with Gasteiger partial charge < -0.3 is 5.11 Å². The second kappa shape index (κ2) is 7.81. The van der Waals surface area contributed by atoms with E-state index in [0.717, 1.165) is 24.0 Å². The molecule has 0 radical (unpaired) electrons. The van der Waals surface area contributed by atoms with E-state index in [1.807, 2.05) is 18.3 Å². The molecule has 1 aliphatic heterocycles. The number of aromatic amines is 1. The van der Waals surface area contributed by atoms with E-state index < -0.39 is 16.0 Å². The lowest BCUT2D eigenvalue weighted by atomic mass is 9.89. The van der Waals surface area contributed by atoms with Gasteiger partial charge in [0.05, 0.1) is 16.7 Å². The molecule has 7 nitrogen and oxygen atoms in total. The number of hydrogen-bond acceptors (Lipinski definition) is 4. The molecule has 0 spiro atoms. The number of piperidine rings is 1. The van der Waals surface area contributed by atoms with Crippen LogP contribution in [0, 0.1) is 0 Å². The van der Waals surface area contributed by atoms with Crippen molar-refractivity contribution in [1.82, 2.24) is 14.5 Å². The number of benzene rings is 2. The minimum Gasteiger partial charge on any atom is -0.478 e. The van der Waals surface area contributed by atoms with Gasteiger partial charge >= 0.3 is 5.97 Å². The Balaban J connectivity index is 1.46. The fraction of sp³-hybridized carbons (Fsp3) is 0.238. The molecule has 3 aromatic rings. The van der Waals surface area contributed by atoms with E-state index in [0.29, 0.717) is 19.0 Å². The highest BCUT2D eigenvalue weighted by atomic mass is 32.2. The Morgan fingerprint density at radius 2 is 1.79 bits per heavy atom. The molecule has 0 saturated carbocycles. The van der Waals surface area contributed by atoms with Crippen molar-refractivity contribution < 1.29 is 18.3 Å². The molecule has 0 bridgehead atoms. The Hall–Kier alpha value is -2.97. The first-order valence-electron chi connectivity index (χ1n) is 9.38. The Kier molecular flexibility index (Phi) is 5.21. The third kappa shape index (κ3) is 3.94. The Labute approximate surface area is 169 Å². The minimum atomic E-state index is -3.63. The SMILES string of the molecule is O=C(O)c1ccc(S(=O)(=O)N2CCC(c3cccc(-c4cn[nH]c4)c3)CC2)cc1. The highest BCUT2D eigenvalue weighted by Gasteiger charge is 2.30. The van der Waals surface area contributed by atoms with Crippen molar-refractivity contribution in [2.45, 2.75) is 23.7 Å². The smallest absolute Gasteiger partial charge is 0.335 e. The molecule has 0 aliphatic carbocycles. The average Bonchev–Trinajstić information content (AvgIpc) is 3.29. The number of rotatable bonds is 5. The van der Waals surface area contributed by atoms with E-state index >= 15 is 0 Å². The maximum atomic E-state index is 12.9. The molecule has 0 amide bonds. The normalized spacial score (nSPS) is 16.0. The lowest BCUT2D eigenvalue weighted by Crippen LogP contribution is -2.37. The van der Waals surface area contributed by atoms with E-state index in [4.69, 9.17) is 5.11 Å². The van der Waals surface area contributed by atoms with Gasteiger partial charge in [-0.1, -0.05) is 24.3 Å². The summed E-state index contributed by atoms with van der Waals surface area (Å²) in [6.45, 7) is 0.868. The molecule has 1 fully saturated rings. The quantitative estimate of drug-likeness (QED) is 0.670. The number of nitrogens with one attached hydrogen (secondary N) is 1. The van der Waals surface area contributed by atoms with Crippen LogP contribution in [0.4, 0.5) is 0 Å². The summed E-state index contributed by atoms with van der Waals surface area (Å²) in [5, 5.41) is 15.8. The van der Waals surface area contributed by atoms with Crippen LogP contribution in [0.25, 0.3) is 11.1 Å². The Bertz CT molecular complexity index is 1100. The van der Waals surface area contributed by atoms with Gasteiger partial charge in [0.2, 0.25) is 10.0 Å². The number of H-pyrrole nitrogens is 1. The topological polar surface area (TPSA) is 103 Å². The number of sulfonamides is 1. The number of nitrogens with zero attached hydrogens (tertiary/aromatic N) is 2. The summed E-state index contributed by atoms with van der Waals surface area (Å²) in [6.07, 6.45) is 5.11. The van der Waals surface area contributed by atoms with Crippen molar-refractivity contribution in [1.29, 1.82) is 0 Å². The molecule has 2 aromatic carbocycles. The van der Waals surface area contributed by atoms with Crippen molar-refractivity contribution in [2.75, 3.05) is 13.1 Å². The number of hydrogen-bond donors (Lipinski definition) is 2. The average molecular weight is 411 g/mol. The van der Waals surface area contributed by atoms with Crippen molar-refractivity contribution in [3.05, 3.63) is 72.1 Å². The Morgan fingerprint density at radius 3 is 2.41 bits per heavy atom. The first-order valence-corrected chi connectivity index (χ1v) is 10.8. The fourth-order valence-corrected chi connectivity index (χ4v) is 5.20. The summed E-state index contributed by atoms with van der Waals surface area (Å²) in [7, 11) is -3.63. The molecular weight excluding hydrogens is 390 g/mol. The van der Waals surface area contributed by atoms with Crippen molar-refractivity contribution in [2.24, 2.45) is 0 Å². The largest absolute Gasteiger partial charge is 0.478 e. The molecule has 4 rings (SSSR count). The number of aromatic carboxylic acids is 1. The zero-order valence-corrected chi connectivity index (χ0v) is 16.5. The van der Waals surface area contributed by atoms with Crippen molar-refractivity contribution in [3.63, 3.8) is 0 Å². The van der Waals surface area contributed by atoms with Gasteiger partial charge in [-0.05, 0) is 54.2 Å². The molecule has 2 heterocycles. The number of carboxylic acids is 1. The summed E-state index contributed by atoms with van der Waals surface area (Å²) in [5.74, 6) is -0.782. The van der Waals surface area contributed by atoms with Crippen LogP contribution in [-0.4, -0.2) is 47.1 Å². The predicted octanol–water partition coefficient (Wildman–Crippen LogP) is 3.34. The molecule has 1 saturated heterocycles. The maximum absolute atomic E-state index is 12.9. The van der Waals surface area contributed by atoms with Gasteiger partial charge in [-0.25, -0.2) is 13.2 Å².